The maximum atomic E-state index is 11.9. The lowest BCUT2D eigenvalue weighted by Crippen LogP contribution is -2.53. The second-order valence-electron chi connectivity index (χ2n) is 6.97. The van der Waals surface area contributed by atoms with E-state index >= 15 is 0 Å². The predicted octanol–water partition coefficient (Wildman–Crippen LogP) is 1.42. The van der Waals surface area contributed by atoms with Crippen LogP contribution >= 0.6 is 0 Å². The first-order valence-corrected chi connectivity index (χ1v) is 6.90. The highest BCUT2D eigenvalue weighted by molar-refractivity contribution is 5.82. The van der Waals surface area contributed by atoms with Gasteiger partial charge in [0.15, 0.2) is 0 Å². The molecule has 4 N–H and O–H groups in total. The van der Waals surface area contributed by atoms with Gasteiger partial charge < -0.3 is 16.2 Å². The fourth-order valence-corrected chi connectivity index (χ4v) is 2.23. The van der Waals surface area contributed by atoms with Gasteiger partial charge in [0.25, 0.3) is 0 Å². The zero-order valence-electron chi connectivity index (χ0n) is 12.1. The van der Waals surface area contributed by atoms with Crippen molar-refractivity contribution < 1.29 is 9.90 Å². The van der Waals surface area contributed by atoms with Gasteiger partial charge in [-0.2, -0.15) is 0 Å². The van der Waals surface area contributed by atoms with Crippen molar-refractivity contribution >= 4 is 5.91 Å². The van der Waals surface area contributed by atoms with Gasteiger partial charge in [0.2, 0.25) is 5.91 Å². The quantitative estimate of drug-likeness (QED) is 0.715. The molecule has 106 valence electrons. The van der Waals surface area contributed by atoms with E-state index in [0.717, 1.165) is 25.7 Å². The number of nitrogens with one attached hydrogen (secondary N) is 1. The highest BCUT2D eigenvalue weighted by Crippen LogP contribution is 2.31. The predicted molar refractivity (Wildman–Crippen MR) is 73.0 cm³/mol. The zero-order chi connectivity index (χ0) is 14.0. The van der Waals surface area contributed by atoms with Crippen LogP contribution in [-0.2, 0) is 4.79 Å². The fourth-order valence-electron chi connectivity index (χ4n) is 2.23. The summed E-state index contributed by atoms with van der Waals surface area (Å²) >= 11 is 0. The minimum Gasteiger partial charge on any atom is -0.388 e. The van der Waals surface area contributed by atoms with Crippen molar-refractivity contribution in [1.82, 2.24) is 5.32 Å². The monoisotopic (exact) mass is 256 g/mol. The minimum absolute atomic E-state index is 0.172. The first-order chi connectivity index (χ1) is 8.14. The van der Waals surface area contributed by atoms with Gasteiger partial charge in [0, 0.05) is 6.54 Å². The highest BCUT2D eigenvalue weighted by atomic mass is 16.3. The van der Waals surface area contributed by atoms with E-state index in [-0.39, 0.29) is 11.3 Å². The second-order valence-corrected chi connectivity index (χ2v) is 6.97. The van der Waals surface area contributed by atoms with Crippen molar-refractivity contribution in [3.63, 3.8) is 0 Å². The van der Waals surface area contributed by atoms with E-state index < -0.39 is 11.6 Å². The van der Waals surface area contributed by atoms with Crippen LogP contribution in [-0.4, -0.2) is 29.2 Å². The Hall–Kier alpha value is -0.610. The van der Waals surface area contributed by atoms with Crippen LogP contribution in [0.4, 0.5) is 0 Å². The molecule has 1 unspecified atom stereocenters. The van der Waals surface area contributed by atoms with Crippen LogP contribution in [0.5, 0.6) is 0 Å². The number of hydrogen-bond acceptors (Lipinski definition) is 3. The van der Waals surface area contributed by atoms with Crippen molar-refractivity contribution in [2.45, 2.75) is 65.0 Å². The molecule has 0 spiro atoms. The smallest absolute Gasteiger partial charge is 0.237 e. The molecular weight excluding hydrogens is 228 g/mol. The van der Waals surface area contributed by atoms with E-state index in [1.54, 1.807) is 0 Å². The number of nitrogens with two attached hydrogens (primary N) is 1. The third kappa shape index (κ3) is 4.25. The summed E-state index contributed by atoms with van der Waals surface area (Å²) in [5, 5.41) is 13.2. The standard InChI is InChI=1S/C14H28N2O2/c1-10-5-7-14(18,8-6-10)9-16-12(17)11(15)13(2,3)4/h10-11,18H,5-9,15H2,1-4H3,(H,16,17). The molecule has 0 aromatic carbocycles. The van der Waals surface area contributed by atoms with Gasteiger partial charge in [-0.3, -0.25) is 4.79 Å². The van der Waals surface area contributed by atoms with Gasteiger partial charge in [-0.05, 0) is 37.0 Å². The van der Waals surface area contributed by atoms with E-state index in [1.807, 2.05) is 20.8 Å². The van der Waals surface area contributed by atoms with Crippen molar-refractivity contribution in [1.29, 1.82) is 0 Å². The molecule has 0 heterocycles. The molecule has 1 amide bonds. The van der Waals surface area contributed by atoms with Gasteiger partial charge in [-0.25, -0.2) is 0 Å². The Labute approximate surface area is 110 Å². The van der Waals surface area contributed by atoms with E-state index in [2.05, 4.69) is 12.2 Å². The van der Waals surface area contributed by atoms with Gasteiger partial charge in [0.05, 0.1) is 11.6 Å². The molecular formula is C14H28N2O2. The van der Waals surface area contributed by atoms with Gasteiger partial charge in [0.1, 0.15) is 0 Å². The Morgan fingerprint density at radius 3 is 2.39 bits per heavy atom. The number of rotatable bonds is 3. The Kier molecular flexibility index (Phi) is 4.78. The van der Waals surface area contributed by atoms with Crippen molar-refractivity contribution in [3.05, 3.63) is 0 Å². The number of aliphatic hydroxyl groups is 1. The summed E-state index contributed by atoms with van der Waals surface area (Å²) in [4.78, 5) is 11.9. The summed E-state index contributed by atoms with van der Waals surface area (Å²) in [6.45, 7) is 8.34. The van der Waals surface area contributed by atoms with Crippen molar-refractivity contribution in [2.75, 3.05) is 6.54 Å². The molecule has 0 radical (unpaired) electrons. The number of carbonyl (C=O) groups is 1. The van der Waals surface area contributed by atoms with Crippen LogP contribution in [0.1, 0.15) is 53.4 Å². The molecule has 1 saturated carbocycles. The Balaban J connectivity index is 2.43. The Bertz CT molecular complexity index is 289. The van der Waals surface area contributed by atoms with E-state index in [1.165, 1.54) is 0 Å². The Morgan fingerprint density at radius 1 is 1.44 bits per heavy atom. The summed E-state index contributed by atoms with van der Waals surface area (Å²) in [6, 6.07) is -0.538. The van der Waals surface area contributed by atoms with Crippen LogP contribution in [0, 0.1) is 11.3 Å². The zero-order valence-corrected chi connectivity index (χ0v) is 12.1. The lowest BCUT2D eigenvalue weighted by Gasteiger charge is -2.35. The lowest BCUT2D eigenvalue weighted by atomic mass is 9.79. The molecule has 1 aliphatic rings. The van der Waals surface area contributed by atoms with E-state index in [4.69, 9.17) is 5.73 Å². The summed E-state index contributed by atoms with van der Waals surface area (Å²) in [7, 11) is 0. The second kappa shape index (κ2) is 5.57. The van der Waals surface area contributed by atoms with E-state index in [0.29, 0.717) is 12.5 Å². The summed E-state index contributed by atoms with van der Waals surface area (Å²) in [5.41, 5.74) is 4.89. The average molecular weight is 256 g/mol. The number of hydrogen-bond donors (Lipinski definition) is 3. The minimum atomic E-state index is -0.736. The molecule has 1 fully saturated rings. The molecule has 0 aromatic rings. The van der Waals surface area contributed by atoms with Crippen LogP contribution in [0.15, 0.2) is 0 Å². The lowest BCUT2D eigenvalue weighted by molar-refractivity contribution is -0.126. The highest BCUT2D eigenvalue weighted by Gasteiger charge is 2.34. The molecule has 1 atom stereocenters. The molecule has 18 heavy (non-hydrogen) atoms. The summed E-state index contributed by atoms with van der Waals surface area (Å²) in [5.74, 6) is 0.507. The molecule has 0 aliphatic heterocycles. The molecule has 4 nitrogen and oxygen atoms in total. The average Bonchev–Trinajstić information content (AvgIpc) is 2.28. The Morgan fingerprint density at radius 2 is 1.94 bits per heavy atom. The molecule has 0 aromatic heterocycles. The maximum absolute atomic E-state index is 11.9. The fraction of sp³-hybridized carbons (Fsp3) is 0.929. The number of amides is 1. The number of carbonyl (C=O) groups excluding carboxylic acids is 1. The first kappa shape index (κ1) is 15.4. The molecule has 4 heteroatoms. The molecule has 0 bridgehead atoms. The van der Waals surface area contributed by atoms with Crippen molar-refractivity contribution in [2.24, 2.45) is 17.1 Å². The van der Waals surface area contributed by atoms with Crippen LogP contribution in [0.2, 0.25) is 0 Å². The van der Waals surface area contributed by atoms with Crippen LogP contribution in [0.3, 0.4) is 0 Å². The molecule has 0 saturated heterocycles. The third-order valence-corrected chi connectivity index (χ3v) is 4.01. The van der Waals surface area contributed by atoms with E-state index in [9.17, 15) is 9.90 Å². The summed E-state index contributed by atoms with van der Waals surface area (Å²) in [6.07, 6.45) is 3.58. The normalized spacial score (nSPS) is 30.9. The largest absolute Gasteiger partial charge is 0.388 e. The summed E-state index contributed by atoms with van der Waals surface area (Å²) < 4.78 is 0. The topological polar surface area (TPSA) is 75.3 Å². The molecule has 1 rings (SSSR count). The first-order valence-electron chi connectivity index (χ1n) is 6.90. The van der Waals surface area contributed by atoms with Gasteiger partial charge in [-0.1, -0.05) is 27.7 Å². The SMILES string of the molecule is CC1CCC(O)(CNC(=O)C(N)C(C)(C)C)CC1. The van der Waals surface area contributed by atoms with Crippen molar-refractivity contribution in [3.8, 4) is 0 Å². The van der Waals surface area contributed by atoms with Crippen LogP contribution < -0.4 is 11.1 Å². The maximum Gasteiger partial charge on any atom is 0.237 e. The molecule has 1 aliphatic carbocycles. The van der Waals surface area contributed by atoms with Gasteiger partial charge >= 0.3 is 0 Å². The third-order valence-electron chi connectivity index (χ3n) is 4.01. The van der Waals surface area contributed by atoms with Gasteiger partial charge in [-0.15, -0.1) is 0 Å². The van der Waals surface area contributed by atoms with Crippen LogP contribution in [0.25, 0.3) is 0 Å².